The highest BCUT2D eigenvalue weighted by Crippen LogP contribution is 2.39. The Kier molecular flexibility index (Phi) is 8.02. The third-order valence-corrected chi connectivity index (χ3v) is 9.70. The van der Waals surface area contributed by atoms with Gasteiger partial charge >= 0.3 is 0 Å². The van der Waals surface area contributed by atoms with Crippen LogP contribution in [0.2, 0.25) is 0 Å². The van der Waals surface area contributed by atoms with Gasteiger partial charge in [0, 0.05) is 22.9 Å². The van der Waals surface area contributed by atoms with E-state index >= 15 is 0 Å². The van der Waals surface area contributed by atoms with Crippen LogP contribution in [0.15, 0.2) is 90.1 Å². The molecule has 12 heteroatoms. The Hall–Kier alpha value is -5.54. The lowest BCUT2D eigenvalue weighted by Crippen LogP contribution is -2.49. The fourth-order valence-electron chi connectivity index (χ4n) is 5.70. The van der Waals surface area contributed by atoms with Crippen molar-refractivity contribution in [2.24, 2.45) is 0 Å². The molecule has 3 heterocycles. The summed E-state index contributed by atoms with van der Waals surface area (Å²) in [6.07, 6.45) is 3.23. The Morgan fingerprint density at radius 1 is 0.978 bits per heavy atom. The average molecular weight is 639 g/mol. The van der Waals surface area contributed by atoms with Gasteiger partial charge in [-0.15, -0.1) is 0 Å². The fraction of sp³-hybridized carbons (Fsp3) is 0.176. The molecule has 3 aromatic carbocycles. The summed E-state index contributed by atoms with van der Waals surface area (Å²) in [5, 5.41) is 15.0. The normalized spacial score (nSPS) is 18.6. The van der Waals surface area contributed by atoms with E-state index < -0.39 is 39.3 Å². The molecule has 0 spiro atoms. The van der Waals surface area contributed by atoms with Crippen LogP contribution in [0.25, 0.3) is 28.6 Å². The Bertz CT molecular complexity index is 2080. The van der Waals surface area contributed by atoms with Gasteiger partial charge in [-0.1, -0.05) is 30.3 Å². The number of ether oxygens (including phenoxy) is 2. The molecule has 1 atom stereocenters. The average Bonchev–Trinajstić information content (AvgIpc) is 3.65. The van der Waals surface area contributed by atoms with Gasteiger partial charge in [-0.3, -0.25) is 14.5 Å². The Morgan fingerprint density at radius 2 is 1.70 bits per heavy atom. The number of para-hydroxylation sites is 1. The van der Waals surface area contributed by atoms with Gasteiger partial charge < -0.3 is 9.47 Å². The molecule has 1 unspecified atom stereocenters. The molecule has 1 aromatic heterocycles. The number of carbonyl (C=O) groups is 2. The van der Waals surface area contributed by atoms with Crippen LogP contribution in [-0.4, -0.2) is 66.7 Å². The minimum atomic E-state index is -3.48. The topological polar surface area (TPSA) is 132 Å². The van der Waals surface area contributed by atoms with Crippen LogP contribution >= 0.6 is 0 Å². The van der Waals surface area contributed by atoms with Crippen molar-refractivity contribution in [2.75, 3.05) is 25.7 Å². The third-order valence-electron chi connectivity index (χ3n) is 7.95. The third kappa shape index (κ3) is 5.57. The second kappa shape index (κ2) is 12.1. The molecule has 1 fully saturated rings. The van der Waals surface area contributed by atoms with Crippen molar-refractivity contribution < 1.29 is 31.9 Å². The molecule has 10 nitrogen and oxygen atoms in total. The molecule has 0 radical (unpaired) electrons. The highest BCUT2D eigenvalue weighted by Gasteiger charge is 2.45. The number of methoxy groups -OCH3 is 2. The zero-order valence-corrected chi connectivity index (χ0v) is 25.6. The van der Waals surface area contributed by atoms with Crippen LogP contribution in [0, 0.1) is 17.1 Å². The van der Waals surface area contributed by atoms with E-state index in [-0.39, 0.29) is 34.6 Å². The summed E-state index contributed by atoms with van der Waals surface area (Å²) in [5.74, 6) is -2.25. The van der Waals surface area contributed by atoms with Crippen molar-refractivity contribution in [1.82, 2.24) is 14.7 Å². The van der Waals surface area contributed by atoms with Gasteiger partial charge in [-0.25, -0.2) is 17.5 Å². The highest BCUT2D eigenvalue weighted by atomic mass is 32.2. The summed E-state index contributed by atoms with van der Waals surface area (Å²) in [4.78, 5) is 29.0. The van der Waals surface area contributed by atoms with E-state index in [1.807, 2.05) is 36.4 Å². The predicted octanol–water partition coefficient (Wildman–Crippen LogP) is 4.61. The second-order valence-corrected chi connectivity index (χ2v) is 13.0. The number of rotatable bonds is 7. The maximum absolute atomic E-state index is 14.9. The molecule has 46 heavy (non-hydrogen) atoms. The number of nitriles is 1. The number of hydrogen-bond acceptors (Lipinski definition) is 8. The summed E-state index contributed by atoms with van der Waals surface area (Å²) >= 11 is 0. The van der Waals surface area contributed by atoms with Crippen LogP contribution in [0.4, 0.5) is 4.39 Å². The van der Waals surface area contributed by atoms with Gasteiger partial charge in [0.25, 0.3) is 11.8 Å². The summed E-state index contributed by atoms with van der Waals surface area (Å²) in [7, 11) is -0.631. The smallest absolute Gasteiger partial charge is 0.272 e. The molecule has 4 aromatic rings. The second-order valence-electron chi connectivity index (χ2n) is 10.7. The molecular weight excluding hydrogens is 611 g/mol. The van der Waals surface area contributed by atoms with Crippen LogP contribution in [-0.2, 0) is 19.4 Å². The molecule has 232 valence electrons. The predicted molar refractivity (Wildman–Crippen MR) is 168 cm³/mol. The summed E-state index contributed by atoms with van der Waals surface area (Å²) < 4.78 is 51.6. The van der Waals surface area contributed by atoms with Crippen LogP contribution in [0.1, 0.15) is 17.5 Å². The van der Waals surface area contributed by atoms with Crippen molar-refractivity contribution in [1.29, 1.82) is 5.26 Å². The molecular formula is C34H27FN4O6S. The molecule has 2 aliphatic rings. The maximum Gasteiger partial charge on any atom is 0.272 e. The van der Waals surface area contributed by atoms with Crippen molar-refractivity contribution in [2.45, 2.75) is 12.5 Å². The molecule has 1 saturated heterocycles. The van der Waals surface area contributed by atoms with Gasteiger partial charge in [-0.2, -0.15) is 10.4 Å². The van der Waals surface area contributed by atoms with Crippen molar-refractivity contribution in [3.63, 3.8) is 0 Å². The first-order chi connectivity index (χ1) is 22.1. The van der Waals surface area contributed by atoms with Crippen molar-refractivity contribution in [3.05, 3.63) is 107 Å². The Labute approximate surface area is 264 Å². The van der Waals surface area contributed by atoms with E-state index in [0.29, 0.717) is 33.8 Å². The number of nitrogens with zero attached hydrogens (tertiary/aromatic N) is 4. The number of benzene rings is 3. The quantitative estimate of drug-likeness (QED) is 0.212. The fourth-order valence-corrected chi connectivity index (χ4v) is 7.40. The minimum Gasteiger partial charge on any atom is -0.497 e. The first kappa shape index (κ1) is 30.5. The zero-order chi connectivity index (χ0) is 32.6. The lowest BCUT2D eigenvalue weighted by Gasteiger charge is -2.32. The molecule has 0 N–H and O–H groups in total. The minimum absolute atomic E-state index is 0.0199. The molecule has 0 saturated carbocycles. The van der Waals surface area contributed by atoms with Crippen molar-refractivity contribution >= 4 is 33.3 Å². The number of aromatic nitrogens is 2. The van der Waals surface area contributed by atoms with Gasteiger partial charge in [0.15, 0.2) is 21.4 Å². The number of halogens is 1. The summed E-state index contributed by atoms with van der Waals surface area (Å²) in [6, 6.07) is 21.1. The standard InChI is InChI=1S/C34H27FN4O6S/c1-44-26-11-8-21(9-12-26)31-27(33(40)39(34(41)28(31)18-36)25-14-15-46(42,43)20-25)16-23-19-38(24-6-4-3-5-7-24)37-32(23)22-10-13-30(45-2)29(35)17-22/h3-13,16-17,19,25H,14-15,20H2,1-2H3/b27-16-. The SMILES string of the molecule is COc1ccc(C2=C(C#N)C(=O)N(C3CCS(=O)(=O)C3)C(=O)/C2=C\c2cn(-c3ccccc3)nc2-c2ccc(OC)c(F)c2)cc1. The van der Waals surface area contributed by atoms with Gasteiger partial charge in [-0.05, 0) is 60.5 Å². The number of hydrogen-bond donors (Lipinski definition) is 0. The monoisotopic (exact) mass is 638 g/mol. The Morgan fingerprint density at radius 3 is 2.30 bits per heavy atom. The van der Waals surface area contributed by atoms with Crippen molar-refractivity contribution in [3.8, 4) is 34.5 Å². The summed E-state index contributed by atoms with van der Waals surface area (Å²) in [5.41, 5.74) is 1.91. The number of sulfone groups is 1. The maximum atomic E-state index is 14.9. The summed E-state index contributed by atoms with van der Waals surface area (Å²) in [6.45, 7) is 0. The van der Waals surface area contributed by atoms with E-state index in [1.54, 1.807) is 41.2 Å². The van der Waals surface area contributed by atoms with E-state index in [1.165, 1.54) is 32.4 Å². The van der Waals surface area contributed by atoms with E-state index in [9.17, 15) is 27.7 Å². The lowest BCUT2D eigenvalue weighted by molar-refractivity contribution is -0.142. The van der Waals surface area contributed by atoms with Crippen LogP contribution in [0.3, 0.4) is 0 Å². The van der Waals surface area contributed by atoms with Gasteiger partial charge in [0.1, 0.15) is 23.1 Å². The molecule has 0 bridgehead atoms. The number of imide groups is 1. The number of amides is 2. The molecule has 6 rings (SSSR count). The first-order valence-corrected chi connectivity index (χ1v) is 16.0. The van der Waals surface area contributed by atoms with Crippen LogP contribution < -0.4 is 9.47 Å². The molecule has 2 aliphatic heterocycles. The van der Waals surface area contributed by atoms with E-state index in [0.717, 1.165) is 4.90 Å². The van der Waals surface area contributed by atoms with Crippen LogP contribution in [0.5, 0.6) is 11.5 Å². The largest absolute Gasteiger partial charge is 0.497 e. The lowest BCUT2D eigenvalue weighted by atomic mass is 9.86. The molecule has 0 aliphatic carbocycles. The van der Waals surface area contributed by atoms with Gasteiger partial charge in [0.05, 0.1) is 43.0 Å². The highest BCUT2D eigenvalue weighted by molar-refractivity contribution is 7.91. The molecule has 2 amide bonds. The first-order valence-electron chi connectivity index (χ1n) is 14.2. The van der Waals surface area contributed by atoms with E-state index in [4.69, 9.17) is 14.6 Å². The Balaban J connectivity index is 1.60. The van der Waals surface area contributed by atoms with E-state index in [2.05, 4.69) is 0 Å². The van der Waals surface area contributed by atoms with Gasteiger partial charge in [0.2, 0.25) is 0 Å². The zero-order valence-electron chi connectivity index (χ0n) is 24.8. The number of carbonyl (C=O) groups excluding carboxylic acids is 2.